The molecule has 4 heteroatoms. The fourth-order valence-corrected chi connectivity index (χ4v) is 2.08. The quantitative estimate of drug-likeness (QED) is 0.724. The van der Waals surface area contributed by atoms with E-state index in [4.69, 9.17) is 5.73 Å². The third kappa shape index (κ3) is 1.67. The molecule has 0 atom stereocenters. The number of hydrogen-bond donors (Lipinski definition) is 2. The highest BCUT2D eigenvalue weighted by Gasteiger charge is 2.10. The maximum atomic E-state index is 13.6. The molecule has 0 saturated carbocycles. The highest BCUT2D eigenvalue weighted by molar-refractivity contribution is 5.94. The average molecular weight is 241 g/mol. The summed E-state index contributed by atoms with van der Waals surface area (Å²) >= 11 is 0. The summed E-state index contributed by atoms with van der Waals surface area (Å²) in [7, 11) is 0. The molecule has 2 heterocycles. The number of rotatable bonds is 2. The van der Waals surface area contributed by atoms with Gasteiger partial charge in [-0.1, -0.05) is 12.1 Å². The molecule has 0 saturated heterocycles. The molecule has 3 rings (SSSR count). The van der Waals surface area contributed by atoms with E-state index in [0.717, 1.165) is 22.2 Å². The SMILES string of the molecule is NCc1ccnc(-c2c[nH]c3c(F)cccc23)c1. The number of pyridine rings is 1. The fourth-order valence-electron chi connectivity index (χ4n) is 2.08. The first-order chi connectivity index (χ1) is 8.79. The van der Waals surface area contributed by atoms with Crippen LogP contribution < -0.4 is 5.73 Å². The van der Waals surface area contributed by atoms with Crippen LogP contribution >= 0.6 is 0 Å². The summed E-state index contributed by atoms with van der Waals surface area (Å²) in [5, 5.41) is 0.830. The topological polar surface area (TPSA) is 54.7 Å². The van der Waals surface area contributed by atoms with Crippen LogP contribution in [0.5, 0.6) is 0 Å². The van der Waals surface area contributed by atoms with Gasteiger partial charge in [0.05, 0.1) is 11.2 Å². The van der Waals surface area contributed by atoms with Crippen LogP contribution in [0.4, 0.5) is 4.39 Å². The van der Waals surface area contributed by atoms with Crippen molar-refractivity contribution in [1.29, 1.82) is 0 Å². The van der Waals surface area contributed by atoms with Crippen molar-refractivity contribution in [3.63, 3.8) is 0 Å². The first kappa shape index (κ1) is 10.9. The first-order valence-electron chi connectivity index (χ1n) is 5.70. The molecule has 0 aliphatic rings. The Morgan fingerprint density at radius 3 is 3.00 bits per heavy atom. The van der Waals surface area contributed by atoms with Crippen LogP contribution in [0.2, 0.25) is 0 Å². The number of aromatic amines is 1. The van der Waals surface area contributed by atoms with Gasteiger partial charge in [0.1, 0.15) is 5.82 Å². The van der Waals surface area contributed by atoms with Gasteiger partial charge in [-0.05, 0) is 23.8 Å². The summed E-state index contributed by atoms with van der Waals surface area (Å²) in [6.07, 6.45) is 3.49. The lowest BCUT2D eigenvalue weighted by Gasteiger charge is -2.01. The molecule has 0 fully saturated rings. The molecule has 3 aromatic rings. The Labute approximate surface area is 103 Å². The van der Waals surface area contributed by atoms with Crippen LogP contribution in [0.15, 0.2) is 42.7 Å². The van der Waals surface area contributed by atoms with Gasteiger partial charge in [0, 0.05) is 29.9 Å². The number of aromatic nitrogens is 2. The first-order valence-corrected chi connectivity index (χ1v) is 5.70. The Morgan fingerprint density at radius 2 is 2.17 bits per heavy atom. The van der Waals surface area contributed by atoms with Crippen molar-refractivity contribution < 1.29 is 4.39 Å². The maximum absolute atomic E-state index is 13.6. The van der Waals surface area contributed by atoms with Crippen LogP contribution in [-0.2, 0) is 6.54 Å². The van der Waals surface area contributed by atoms with Crippen LogP contribution in [-0.4, -0.2) is 9.97 Å². The lowest BCUT2D eigenvalue weighted by molar-refractivity contribution is 0.637. The van der Waals surface area contributed by atoms with Crippen LogP contribution in [0.1, 0.15) is 5.56 Å². The summed E-state index contributed by atoms with van der Waals surface area (Å²) < 4.78 is 13.6. The average Bonchev–Trinajstić information content (AvgIpc) is 2.84. The monoisotopic (exact) mass is 241 g/mol. The lowest BCUT2D eigenvalue weighted by atomic mass is 10.1. The van der Waals surface area contributed by atoms with Gasteiger partial charge in [-0.15, -0.1) is 0 Å². The van der Waals surface area contributed by atoms with Crippen molar-refractivity contribution in [3.8, 4) is 11.3 Å². The minimum absolute atomic E-state index is 0.256. The molecule has 0 spiro atoms. The Morgan fingerprint density at radius 1 is 1.28 bits per heavy atom. The fraction of sp³-hybridized carbons (Fsp3) is 0.0714. The largest absolute Gasteiger partial charge is 0.358 e. The number of nitrogens with two attached hydrogens (primary N) is 1. The van der Waals surface area contributed by atoms with Gasteiger partial charge >= 0.3 is 0 Å². The second-order valence-electron chi connectivity index (χ2n) is 4.12. The Kier molecular flexibility index (Phi) is 2.57. The normalized spacial score (nSPS) is 11.0. The van der Waals surface area contributed by atoms with E-state index >= 15 is 0 Å². The third-order valence-electron chi connectivity index (χ3n) is 3.00. The molecule has 0 aliphatic carbocycles. The second-order valence-corrected chi connectivity index (χ2v) is 4.12. The highest BCUT2D eigenvalue weighted by Crippen LogP contribution is 2.28. The summed E-state index contributed by atoms with van der Waals surface area (Å²) in [6, 6.07) is 8.81. The van der Waals surface area contributed by atoms with E-state index in [9.17, 15) is 4.39 Å². The molecule has 18 heavy (non-hydrogen) atoms. The highest BCUT2D eigenvalue weighted by atomic mass is 19.1. The third-order valence-corrected chi connectivity index (χ3v) is 3.00. The molecule has 3 N–H and O–H groups in total. The van der Waals surface area contributed by atoms with Crippen molar-refractivity contribution >= 4 is 10.9 Å². The minimum Gasteiger partial charge on any atom is -0.358 e. The van der Waals surface area contributed by atoms with E-state index in [1.165, 1.54) is 6.07 Å². The van der Waals surface area contributed by atoms with E-state index in [1.54, 1.807) is 18.5 Å². The summed E-state index contributed by atoms with van der Waals surface area (Å²) in [5.41, 5.74) is 8.81. The zero-order valence-electron chi connectivity index (χ0n) is 9.65. The number of hydrogen-bond acceptors (Lipinski definition) is 2. The molecular weight excluding hydrogens is 229 g/mol. The summed E-state index contributed by atoms with van der Waals surface area (Å²) in [5.74, 6) is -0.256. The van der Waals surface area contributed by atoms with Crippen molar-refractivity contribution in [2.45, 2.75) is 6.54 Å². The number of H-pyrrole nitrogens is 1. The lowest BCUT2D eigenvalue weighted by Crippen LogP contribution is -1.96. The van der Waals surface area contributed by atoms with Gasteiger partial charge in [-0.2, -0.15) is 0 Å². The maximum Gasteiger partial charge on any atom is 0.147 e. The van der Waals surface area contributed by atoms with Crippen molar-refractivity contribution in [3.05, 3.63) is 54.1 Å². The predicted molar refractivity (Wildman–Crippen MR) is 69.4 cm³/mol. The van der Waals surface area contributed by atoms with Crippen LogP contribution in [0.3, 0.4) is 0 Å². The number of nitrogens with one attached hydrogen (secondary N) is 1. The molecule has 3 nitrogen and oxygen atoms in total. The molecule has 2 aromatic heterocycles. The number of benzene rings is 1. The number of fused-ring (bicyclic) bond motifs is 1. The molecule has 1 aromatic carbocycles. The standard InChI is InChI=1S/C14H12FN3/c15-12-3-1-2-10-11(8-18-14(10)12)13-6-9(7-16)4-5-17-13/h1-6,8,18H,7,16H2. The Bertz CT molecular complexity index is 703. The number of halogens is 1. The van der Waals surface area contributed by atoms with E-state index in [1.807, 2.05) is 18.2 Å². The Balaban J connectivity index is 2.22. The van der Waals surface area contributed by atoms with Gasteiger partial charge in [-0.25, -0.2) is 4.39 Å². The van der Waals surface area contributed by atoms with Crippen molar-refractivity contribution in [2.24, 2.45) is 5.73 Å². The van der Waals surface area contributed by atoms with Gasteiger partial charge in [0.2, 0.25) is 0 Å². The number of para-hydroxylation sites is 1. The molecular formula is C14H12FN3. The smallest absolute Gasteiger partial charge is 0.147 e. The van der Waals surface area contributed by atoms with Crippen LogP contribution in [0.25, 0.3) is 22.2 Å². The van der Waals surface area contributed by atoms with Crippen LogP contribution in [0, 0.1) is 5.82 Å². The van der Waals surface area contributed by atoms with Crippen molar-refractivity contribution in [1.82, 2.24) is 9.97 Å². The molecule has 0 unspecified atom stereocenters. The van der Waals surface area contributed by atoms with E-state index < -0.39 is 0 Å². The molecule has 0 bridgehead atoms. The van der Waals surface area contributed by atoms with E-state index in [2.05, 4.69) is 9.97 Å². The van der Waals surface area contributed by atoms with Gasteiger partial charge < -0.3 is 10.7 Å². The minimum atomic E-state index is -0.256. The summed E-state index contributed by atoms with van der Waals surface area (Å²) in [4.78, 5) is 7.26. The predicted octanol–water partition coefficient (Wildman–Crippen LogP) is 2.83. The van der Waals surface area contributed by atoms with Crippen molar-refractivity contribution in [2.75, 3.05) is 0 Å². The van der Waals surface area contributed by atoms with Gasteiger partial charge in [0.25, 0.3) is 0 Å². The second kappa shape index (κ2) is 4.23. The Hall–Kier alpha value is -2.20. The molecule has 0 aliphatic heterocycles. The van der Waals surface area contributed by atoms with Gasteiger partial charge in [-0.3, -0.25) is 4.98 Å². The molecule has 90 valence electrons. The van der Waals surface area contributed by atoms with Gasteiger partial charge in [0.15, 0.2) is 0 Å². The summed E-state index contributed by atoms with van der Waals surface area (Å²) in [6.45, 7) is 0.465. The van der Waals surface area contributed by atoms with E-state index in [0.29, 0.717) is 12.1 Å². The number of nitrogens with zero attached hydrogens (tertiary/aromatic N) is 1. The molecule has 0 radical (unpaired) electrons. The molecule has 0 amide bonds. The zero-order valence-corrected chi connectivity index (χ0v) is 9.65. The zero-order chi connectivity index (χ0) is 12.5. The van der Waals surface area contributed by atoms with E-state index in [-0.39, 0.29) is 5.82 Å².